The number of allylic oxidation sites excluding steroid dienone is 7. The number of hydrogen-bond acceptors (Lipinski definition) is 5. The van der Waals surface area contributed by atoms with Crippen LogP contribution < -0.4 is 0 Å². The van der Waals surface area contributed by atoms with Crippen LogP contribution in [0.25, 0.3) is 0 Å². The van der Waals surface area contributed by atoms with E-state index in [1.165, 1.54) is 12.2 Å². The van der Waals surface area contributed by atoms with Gasteiger partial charge in [0, 0.05) is 0 Å². The Balaban J connectivity index is 2.94. The summed E-state index contributed by atoms with van der Waals surface area (Å²) in [6.07, 6.45) is 9.52. The summed E-state index contributed by atoms with van der Waals surface area (Å²) in [4.78, 5) is 0. The van der Waals surface area contributed by atoms with Crippen molar-refractivity contribution in [2.45, 2.75) is 6.42 Å². The summed E-state index contributed by atoms with van der Waals surface area (Å²) in [5.74, 6) is -0.615. The summed E-state index contributed by atoms with van der Waals surface area (Å²) in [5.41, 5.74) is 0.700. The third-order valence-corrected chi connectivity index (χ3v) is 2.57. The number of hydrogen-bond donors (Lipinski definition) is 0. The first-order chi connectivity index (χ1) is 8.96. The molecule has 0 aromatic carbocycles. The van der Waals surface area contributed by atoms with Crippen LogP contribution in [0, 0.1) is 0 Å². The first-order valence-corrected chi connectivity index (χ1v) is 6.91. The van der Waals surface area contributed by atoms with Crippen LogP contribution in [0.4, 0.5) is 7.77 Å². The molecular formula is C11H10F2O4S2. The van der Waals surface area contributed by atoms with Gasteiger partial charge in [-0.2, -0.15) is 8.42 Å². The topological polar surface area (TPSA) is 52.6 Å². The summed E-state index contributed by atoms with van der Waals surface area (Å²) in [6.45, 7) is 3.49. The molecule has 0 saturated carbocycles. The molecule has 1 aliphatic carbocycles. The second kappa shape index (κ2) is 7.15. The van der Waals surface area contributed by atoms with Gasteiger partial charge in [-0.05, 0) is 24.1 Å². The van der Waals surface area contributed by atoms with Crippen LogP contribution in [0.1, 0.15) is 6.42 Å². The highest BCUT2D eigenvalue weighted by atomic mass is 32.3. The van der Waals surface area contributed by atoms with E-state index in [2.05, 4.69) is 14.9 Å². The normalized spacial score (nSPS) is 18.1. The molecule has 0 radical (unpaired) electrons. The molecule has 4 nitrogen and oxygen atoms in total. The standard InChI is InChI=1S/C11H10F2O4S2/c1-2-3-4-5-9-6-7-10(17-19(13,14)15)11(8-9)16-18-12/h2-5,7-8H,1,6H2/b4-3-,9-5+. The molecule has 0 N–H and O–H groups in total. The van der Waals surface area contributed by atoms with Gasteiger partial charge in [-0.1, -0.05) is 34.8 Å². The Morgan fingerprint density at radius 3 is 2.68 bits per heavy atom. The van der Waals surface area contributed by atoms with E-state index in [1.54, 1.807) is 24.3 Å². The van der Waals surface area contributed by atoms with Crippen molar-refractivity contribution in [1.29, 1.82) is 0 Å². The van der Waals surface area contributed by atoms with Crippen molar-refractivity contribution in [3.8, 4) is 0 Å². The lowest BCUT2D eigenvalue weighted by Crippen LogP contribution is -2.05. The fraction of sp³-hybridized carbons (Fsp3) is 0.0909. The molecular weight excluding hydrogens is 298 g/mol. The van der Waals surface area contributed by atoms with Gasteiger partial charge >= 0.3 is 10.5 Å². The Hall–Kier alpha value is -1.54. The fourth-order valence-electron chi connectivity index (χ4n) is 1.26. The number of rotatable bonds is 6. The van der Waals surface area contributed by atoms with E-state index in [-0.39, 0.29) is 12.2 Å². The first-order valence-electron chi connectivity index (χ1n) is 4.96. The van der Waals surface area contributed by atoms with Gasteiger partial charge in [0.05, 0.1) is 0 Å². The highest BCUT2D eigenvalue weighted by molar-refractivity contribution is 7.89. The molecule has 0 spiro atoms. The van der Waals surface area contributed by atoms with Crippen LogP contribution in [0.3, 0.4) is 0 Å². The van der Waals surface area contributed by atoms with Gasteiger partial charge in [0.25, 0.3) is 12.4 Å². The molecule has 0 aromatic heterocycles. The Bertz CT molecular complexity index is 559. The quantitative estimate of drug-likeness (QED) is 0.426. The highest BCUT2D eigenvalue weighted by Gasteiger charge is 2.21. The zero-order valence-corrected chi connectivity index (χ0v) is 11.2. The molecule has 0 heterocycles. The van der Waals surface area contributed by atoms with Gasteiger partial charge < -0.3 is 8.37 Å². The van der Waals surface area contributed by atoms with Crippen LogP contribution in [0.5, 0.6) is 0 Å². The van der Waals surface area contributed by atoms with Gasteiger partial charge in [0.15, 0.2) is 11.5 Å². The smallest absolute Gasteiger partial charge is 0.393 e. The molecule has 19 heavy (non-hydrogen) atoms. The van der Waals surface area contributed by atoms with Crippen LogP contribution in [-0.4, -0.2) is 8.42 Å². The molecule has 0 aliphatic heterocycles. The average molecular weight is 308 g/mol. The van der Waals surface area contributed by atoms with Gasteiger partial charge in [0.2, 0.25) is 0 Å². The SMILES string of the molecule is C=C/C=C\C=C1\C=C(OSF)C(OS(=O)(=O)F)=CC1. The lowest BCUT2D eigenvalue weighted by Gasteiger charge is -2.13. The van der Waals surface area contributed by atoms with E-state index in [9.17, 15) is 16.2 Å². The summed E-state index contributed by atoms with van der Waals surface area (Å²) in [7, 11) is -5.18. The Labute approximate surface area is 114 Å². The summed E-state index contributed by atoms with van der Waals surface area (Å²) >= 11 is -0.500. The summed E-state index contributed by atoms with van der Waals surface area (Å²) < 4.78 is 53.8. The van der Waals surface area contributed by atoms with Crippen molar-refractivity contribution in [3.05, 3.63) is 60.1 Å². The zero-order valence-electron chi connectivity index (χ0n) is 9.58. The number of halogens is 2. The van der Waals surface area contributed by atoms with Gasteiger partial charge in [-0.25, -0.2) is 0 Å². The van der Waals surface area contributed by atoms with Crippen LogP contribution in [-0.2, 0) is 18.9 Å². The monoisotopic (exact) mass is 308 g/mol. The Morgan fingerprint density at radius 2 is 2.11 bits per heavy atom. The summed E-state index contributed by atoms with van der Waals surface area (Å²) in [5, 5.41) is 0. The molecule has 0 amide bonds. The lowest BCUT2D eigenvalue weighted by atomic mass is 10.1. The maximum Gasteiger partial charge on any atom is 0.488 e. The average Bonchev–Trinajstić information content (AvgIpc) is 2.31. The zero-order chi connectivity index (χ0) is 14.3. The molecule has 0 bridgehead atoms. The molecule has 1 aliphatic rings. The van der Waals surface area contributed by atoms with E-state index in [4.69, 9.17) is 0 Å². The van der Waals surface area contributed by atoms with Crippen LogP contribution in [0.2, 0.25) is 0 Å². The van der Waals surface area contributed by atoms with Crippen molar-refractivity contribution in [2.24, 2.45) is 0 Å². The second-order valence-electron chi connectivity index (χ2n) is 3.27. The van der Waals surface area contributed by atoms with Crippen LogP contribution >= 0.6 is 12.4 Å². The Morgan fingerprint density at radius 1 is 1.37 bits per heavy atom. The first kappa shape index (κ1) is 15.5. The molecule has 104 valence electrons. The molecule has 0 saturated heterocycles. The molecule has 1 rings (SSSR count). The van der Waals surface area contributed by atoms with E-state index in [1.807, 2.05) is 0 Å². The minimum absolute atomic E-state index is 0.224. The molecule has 0 aromatic rings. The van der Waals surface area contributed by atoms with Gasteiger partial charge in [-0.15, -0.1) is 3.89 Å². The maximum atomic E-state index is 12.4. The largest absolute Gasteiger partial charge is 0.488 e. The van der Waals surface area contributed by atoms with Crippen molar-refractivity contribution in [2.75, 3.05) is 0 Å². The van der Waals surface area contributed by atoms with Crippen LogP contribution in [0.15, 0.2) is 60.1 Å². The van der Waals surface area contributed by atoms with E-state index >= 15 is 0 Å². The third kappa shape index (κ3) is 5.75. The summed E-state index contributed by atoms with van der Waals surface area (Å²) in [6, 6.07) is 0. The van der Waals surface area contributed by atoms with E-state index in [0.717, 1.165) is 0 Å². The molecule has 0 unspecified atom stereocenters. The van der Waals surface area contributed by atoms with Crippen molar-refractivity contribution in [3.63, 3.8) is 0 Å². The molecule has 0 atom stereocenters. The van der Waals surface area contributed by atoms with E-state index in [0.29, 0.717) is 5.57 Å². The predicted octanol–water partition coefficient (Wildman–Crippen LogP) is 3.61. The van der Waals surface area contributed by atoms with Gasteiger partial charge in [0.1, 0.15) is 0 Å². The van der Waals surface area contributed by atoms with Crippen molar-refractivity contribution < 1.29 is 24.6 Å². The third-order valence-electron chi connectivity index (χ3n) is 1.95. The maximum absolute atomic E-state index is 12.4. The predicted molar refractivity (Wildman–Crippen MR) is 69.1 cm³/mol. The van der Waals surface area contributed by atoms with Gasteiger partial charge in [-0.3, -0.25) is 0 Å². The molecule has 8 heteroatoms. The highest BCUT2D eigenvalue weighted by Crippen LogP contribution is 2.29. The lowest BCUT2D eigenvalue weighted by molar-refractivity contribution is 0.338. The van der Waals surface area contributed by atoms with Crippen molar-refractivity contribution in [1.82, 2.24) is 0 Å². The van der Waals surface area contributed by atoms with Crippen molar-refractivity contribution >= 4 is 22.9 Å². The molecule has 0 fully saturated rings. The van der Waals surface area contributed by atoms with E-state index < -0.39 is 28.7 Å². The second-order valence-corrected chi connectivity index (χ2v) is 4.51. The minimum Gasteiger partial charge on any atom is -0.393 e. The fourth-order valence-corrected chi connectivity index (χ4v) is 1.83. The Kier molecular flexibility index (Phi) is 5.84. The minimum atomic E-state index is -5.18.